The van der Waals surface area contributed by atoms with E-state index in [1.54, 1.807) is 54.6 Å². The number of methoxy groups -OCH3 is 1. The van der Waals surface area contributed by atoms with Crippen LogP contribution in [-0.2, 0) is 14.3 Å². The van der Waals surface area contributed by atoms with Crippen LogP contribution in [0.15, 0.2) is 65.2 Å². The molecule has 0 heterocycles. The Kier molecular flexibility index (Phi) is 11.4. The summed E-state index contributed by atoms with van der Waals surface area (Å²) in [6.07, 6.45) is 1.63. The highest BCUT2D eigenvalue weighted by Crippen LogP contribution is 2.30. The van der Waals surface area contributed by atoms with Gasteiger partial charge in [-0.05, 0) is 54.8 Å². The number of carbonyl (C=O) groups excluding carboxylic acids is 2. The molecule has 0 aliphatic carbocycles. The van der Waals surface area contributed by atoms with Gasteiger partial charge in [-0.1, -0.05) is 34.1 Å². The number of halogens is 1. The lowest BCUT2D eigenvalue weighted by atomic mass is 10.00. The van der Waals surface area contributed by atoms with Crippen LogP contribution in [0.5, 0.6) is 5.75 Å². The minimum atomic E-state index is -0.789. The van der Waals surface area contributed by atoms with E-state index in [1.165, 1.54) is 18.7 Å². The maximum atomic E-state index is 12.7. The summed E-state index contributed by atoms with van der Waals surface area (Å²) >= 11 is 3.35. The number of benzene rings is 2. The van der Waals surface area contributed by atoms with Crippen molar-refractivity contribution in [3.8, 4) is 5.75 Å². The summed E-state index contributed by atoms with van der Waals surface area (Å²) in [7, 11) is 1.50. The van der Waals surface area contributed by atoms with E-state index in [4.69, 9.17) is 24.5 Å². The zero-order chi connectivity index (χ0) is 24.1. The maximum Gasteiger partial charge on any atom is 0.412 e. The van der Waals surface area contributed by atoms with Crippen molar-refractivity contribution in [3.05, 3.63) is 70.7 Å². The molecule has 0 fully saturated rings. The van der Waals surface area contributed by atoms with Crippen LogP contribution in [0, 0.1) is 0 Å². The van der Waals surface area contributed by atoms with Gasteiger partial charge in [-0.2, -0.15) is 0 Å². The Hall–Kier alpha value is -2.92. The van der Waals surface area contributed by atoms with Crippen LogP contribution in [0.1, 0.15) is 24.5 Å². The maximum absolute atomic E-state index is 12.7. The SMILES string of the molecule is CO[C@H](CC/C=C/C(=O)NO)[C@H](OC(=O)Nc1ccc(Br)cc1)c1cccc(OCCO)c1. The van der Waals surface area contributed by atoms with Crippen LogP contribution >= 0.6 is 15.9 Å². The summed E-state index contributed by atoms with van der Waals surface area (Å²) in [5.74, 6) is -0.128. The van der Waals surface area contributed by atoms with Crippen molar-refractivity contribution in [1.29, 1.82) is 0 Å². The Balaban J connectivity index is 2.20. The molecule has 2 amide bonds. The number of hydrogen-bond donors (Lipinski definition) is 4. The molecule has 2 rings (SSSR count). The van der Waals surface area contributed by atoms with Gasteiger partial charge in [-0.3, -0.25) is 15.3 Å². The molecule has 4 N–H and O–H groups in total. The van der Waals surface area contributed by atoms with Gasteiger partial charge in [-0.15, -0.1) is 0 Å². The zero-order valence-electron chi connectivity index (χ0n) is 18.1. The van der Waals surface area contributed by atoms with E-state index in [-0.39, 0.29) is 13.2 Å². The summed E-state index contributed by atoms with van der Waals surface area (Å²) in [4.78, 5) is 23.8. The summed E-state index contributed by atoms with van der Waals surface area (Å²) in [6, 6.07) is 14.0. The van der Waals surface area contributed by atoms with E-state index in [1.807, 2.05) is 0 Å². The predicted molar refractivity (Wildman–Crippen MR) is 125 cm³/mol. The second kappa shape index (κ2) is 14.3. The Morgan fingerprint density at radius 3 is 2.61 bits per heavy atom. The van der Waals surface area contributed by atoms with Gasteiger partial charge in [0.1, 0.15) is 12.4 Å². The van der Waals surface area contributed by atoms with E-state index in [0.29, 0.717) is 29.8 Å². The fourth-order valence-electron chi connectivity index (χ4n) is 2.98. The van der Waals surface area contributed by atoms with Crippen molar-refractivity contribution >= 4 is 33.6 Å². The average Bonchev–Trinajstić information content (AvgIpc) is 2.83. The van der Waals surface area contributed by atoms with Gasteiger partial charge >= 0.3 is 6.09 Å². The molecule has 0 spiro atoms. The molecule has 0 unspecified atom stereocenters. The van der Waals surface area contributed by atoms with E-state index in [2.05, 4.69) is 21.2 Å². The zero-order valence-corrected chi connectivity index (χ0v) is 19.7. The minimum Gasteiger partial charge on any atom is -0.491 e. The number of carbonyl (C=O) groups is 2. The first-order chi connectivity index (χ1) is 16.0. The monoisotopic (exact) mass is 522 g/mol. The molecule has 0 saturated carbocycles. The van der Waals surface area contributed by atoms with Crippen LogP contribution in [0.4, 0.5) is 10.5 Å². The number of aliphatic hydroxyl groups is 1. The number of nitrogens with one attached hydrogen (secondary N) is 2. The van der Waals surface area contributed by atoms with Crippen molar-refractivity contribution in [2.45, 2.75) is 25.0 Å². The number of amides is 2. The van der Waals surface area contributed by atoms with E-state index in [9.17, 15) is 9.59 Å². The highest BCUT2D eigenvalue weighted by Gasteiger charge is 2.27. The van der Waals surface area contributed by atoms with Crippen molar-refractivity contribution in [1.82, 2.24) is 5.48 Å². The molecule has 33 heavy (non-hydrogen) atoms. The summed E-state index contributed by atoms with van der Waals surface area (Å²) in [5, 5.41) is 20.3. The molecule has 0 radical (unpaired) electrons. The second-order valence-electron chi connectivity index (χ2n) is 6.83. The Bertz CT molecular complexity index is 921. The molecule has 0 aromatic heterocycles. The van der Waals surface area contributed by atoms with E-state index < -0.39 is 24.2 Å². The van der Waals surface area contributed by atoms with Crippen LogP contribution in [0.25, 0.3) is 0 Å². The number of ether oxygens (including phenoxy) is 3. The van der Waals surface area contributed by atoms with E-state index in [0.717, 1.165) is 4.47 Å². The highest BCUT2D eigenvalue weighted by molar-refractivity contribution is 9.10. The van der Waals surface area contributed by atoms with E-state index >= 15 is 0 Å². The molecule has 0 aliphatic rings. The van der Waals surface area contributed by atoms with Gasteiger partial charge in [0.25, 0.3) is 5.91 Å². The molecule has 178 valence electrons. The van der Waals surface area contributed by atoms with Gasteiger partial charge in [0, 0.05) is 23.3 Å². The van der Waals surface area contributed by atoms with Crippen LogP contribution in [-0.4, -0.2) is 48.7 Å². The summed E-state index contributed by atoms with van der Waals surface area (Å²) in [5.41, 5.74) is 2.73. The molecule has 10 heteroatoms. The van der Waals surface area contributed by atoms with Crippen molar-refractivity contribution in [3.63, 3.8) is 0 Å². The lowest BCUT2D eigenvalue weighted by molar-refractivity contribution is -0.124. The van der Waals surface area contributed by atoms with Gasteiger partial charge in [0.15, 0.2) is 6.10 Å². The quantitative estimate of drug-likeness (QED) is 0.188. The highest BCUT2D eigenvalue weighted by atomic mass is 79.9. The van der Waals surface area contributed by atoms with Crippen LogP contribution in [0.2, 0.25) is 0 Å². The normalized spacial score (nSPS) is 12.7. The number of aliphatic hydroxyl groups excluding tert-OH is 1. The molecule has 2 aromatic rings. The summed E-state index contributed by atoms with van der Waals surface area (Å²) in [6.45, 7) is -0.00134. The molecule has 9 nitrogen and oxygen atoms in total. The van der Waals surface area contributed by atoms with Crippen LogP contribution < -0.4 is 15.5 Å². The molecule has 0 aliphatic heterocycles. The fourth-order valence-corrected chi connectivity index (χ4v) is 3.24. The average molecular weight is 523 g/mol. The lowest BCUT2D eigenvalue weighted by Crippen LogP contribution is -2.28. The number of anilines is 1. The predicted octanol–water partition coefficient (Wildman–Crippen LogP) is 3.97. The Morgan fingerprint density at radius 2 is 1.94 bits per heavy atom. The van der Waals surface area contributed by atoms with Crippen molar-refractivity contribution in [2.24, 2.45) is 0 Å². The standard InChI is InChI=1S/C23H27BrN2O7/c1-31-20(7-2-3-8-21(28)26-30)22(16-5-4-6-19(15-16)32-14-13-27)33-23(29)25-18-11-9-17(24)10-12-18/h3-6,8-12,15,20,22,27,30H,2,7,13-14H2,1H3,(H,25,29)(H,26,28)/b8-3+/t20-,22-/m1/s1. The molecular formula is C23H27BrN2O7. The smallest absolute Gasteiger partial charge is 0.412 e. The molecule has 2 atom stereocenters. The van der Waals surface area contributed by atoms with Crippen molar-refractivity contribution < 1.29 is 34.1 Å². The molecule has 2 aromatic carbocycles. The fraction of sp³-hybridized carbons (Fsp3) is 0.304. The Morgan fingerprint density at radius 1 is 1.18 bits per heavy atom. The first-order valence-electron chi connectivity index (χ1n) is 10.2. The summed E-state index contributed by atoms with van der Waals surface area (Å²) < 4.78 is 17.7. The van der Waals surface area contributed by atoms with Gasteiger partial charge in [-0.25, -0.2) is 10.3 Å². The van der Waals surface area contributed by atoms with Crippen molar-refractivity contribution in [2.75, 3.05) is 25.6 Å². The number of rotatable bonds is 12. The molecular weight excluding hydrogens is 496 g/mol. The lowest BCUT2D eigenvalue weighted by Gasteiger charge is -2.26. The van der Waals surface area contributed by atoms with Crippen LogP contribution in [0.3, 0.4) is 0 Å². The number of allylic oxidation sites excluding steroid dienone is 1. The third-order valence-electron chi connectivity index (χ3n) is 4.51. The molecule has 0 saturated heterocycles. The molecule has 0 bridgehead atoms. The largest absolute Gasteiger partial charge is 0.491 e. The number of hydrogen-bond acceptors (Lipinski definition) is 7. The third-order valence-corrected chi connectivity index (χ3v) is 5.04. The van der Waals surface area contributed by atoms with Gasteiger partial charge < -0.3 is 19.3 Å². The Labute approximate surface area is 200 Å². The first kappa shape index (κ1) is 26.3. The first-order valence-corrected chi connectivity index (χ1v) is 11.0. The third kappa shape index (κ3) is 9.22. The van der Waals surface area contributed by atoms with Gasteiger partial charge in [0.2, 0.25) is 0 Å². The minimum absolute atomic E-state index is 0.129. The van der Waals surface area contributed by atoms with Gasteiger partial charge in [0.05, 0.1) is 12.7 Å². The number of hydroxylamine groups is 1. The second-order valence-corrected chi connectivity index (χ2v) is 7.75. The topological polar surface area (TPSA) is 126 Å².